The number of anilines is 2. The smallest absolute Gasteiger partial charge is 0.342 e. The van der Waals surface area contributed by atoms with Gasteiger partial charge in [-0.2, -0.15) is 0 Å². The van der Waals surface area contributed by atoms with Crippen LogP contribution >= 0.6 is 0 Å². The summed E-state index contributed by atoms with van der Waals surface area (Å²) in [7, 11) is 0. The van der Waals surface area contributed by atoms with Crippen LogP contribution in [0.3, 0.4) is 0 Å². The summed E-state index contributed by atoms with van der Waals surface area (Å²) in [5.74, 6) is -0.368. The van der Waals surface area contributed by atoms with Gasteiger partial charge in [-0.05, 0) is 29.8 Å². The van der Waals surface area contributed by atoms with E-state index in [4.69, 9.17) is 4.42 Å². The van der Waals surface area contributed by atoms with Crippen molar-refractivity contribution in [3.63, 3.8) is 0 Å². The van der Waals surface area contributed by atoms with Crippen LogP contribution < -0.4 is 10.5 Å². The second-order valence-electron chi connectivity index (χ2n) is 6.88. The molecule has 1 aliphatic rings. The summed E-state index contributed by atoms with van der Waals surface area (Å²) in [5, 5.41) is 0.759. The quantitative estimate of drug-likeness (QED) is 0.469. The lowest BCUT2D eigenvalue weighted by Gasteiger charge is -2.34. The van der Waals surface area contributed by atoms with Gasteiger partial charge in [0.2, 0.25) is 5.91 Å². The SMILES string of the molecule is O=C1CC(c2ccccc2)c2c(c3ccccc3oc2=O)N1c1ccccc1. The Bertz CT molecular complexity index is 1230. The van der Waals surface area contributed by atoms with Gasteiger partial charge in [0.25, 0.3) is 0 Å². The monoisotopic (exact) mass is 367 g/mol. The van der Waals surface area contributed by atoms with Gasteiger partial charge in [-0.15, -0.1) is 0 Å². The van der Waals surface area contributed by atoms with Gasteiger partial charge < -0.3 is 4.42 Å². The fraction of sp³-hybridized carbons (Fsp3) is 0.0833. The van der Waals surface area contributed by atoms with E-state index in [9.17, 15) is 9.59 Å². The molecule has 1 aliphatic heterocycles. The molecule has 0 saturated heterocycles. The number of hydrogen-bond donors (Lipinski definition) is 0. The van der Waals surface area contributed by atoms with Crippen LogP contribution in [0.25, 0.3) is 11.0 Å². The molecule has 1 amide bonds. The van der Waals surface area contributed by atoms with Crippen molar-refractivity contribution in [3.8, 4) is 0 Å². The summed E-state index contributed by atoms with van der Waals surface area (Å²) in [5.41, 5.74) is 2.93. The van der Waals surface area contributed by atoms with Crippen LogP contribution in [0.5, 0.6) is 0 Å². The van der Waals surface area contributed by atoms with Crippen LogP contribution in [-0.2, 0) is 4.79 Å². The predicted molar refractivity (Wildman–Crippen MR) is 109 cm³/mol. The third-order valence-electron chi connectivity index (χ3n) is 5.24. The first kappa shape index (κ1) is 16.5. The van der Waals surface area contributed by atoms with E-state index in [1.807, 2.05) is 78.9 Å². The zero-order valence-corrected chi connectivity index (χ0v) is 15.0. The van der Waals surface area contributed by atoms with E-state index in [0.717, 1.165) is 16.6 Å². The van der Waals surface area contributed by atoms with Crippen LogP contribution in [0.2, 0.25) is 0 Å². The Labute approximate surface area is 161 Å². The second-order valence-corrected chi connectivity index (χ2v) is 6.88. The average Bonchev–Trinajstić information content (AvgIpc) is 2.74. The highest BCUT2D eigenvalue weighted by atomic mass is 16.4. The zero-order valence-electron chi connectivity index (χ0n) is 15.0. The molecule has 1 aromatic heterocycles. The first-order valence-electron chi connectivity index (χ1n) is 9.23. The third-order valence-corrected chi connectivity index (χ3v) is 5.24. The maximum atomic E-state index is 13.3. The van der Waals surface area contributed by atoms with Gasteiger partial charge in [0, 0.05) is 23.4 Å². The molecule has 4 aromatic rings. The fourth-order valence-electron chi connectivity index (χ4n) is 4.01. The van der Waals surface area contributed by atoms with Crippen molar-refractivity contribution in [1.82, 2.24) is 0 Å². The molecule has 1 unspecified atom stereocenters. The van der Waals surface area contributed by atoms with Crippen molar-refractivity contribution in [1.29, 1.82) is 0 Å². The molecule has 0 spiro atoms. The molecule has 0 bridgehead atoms. The molecule has 0 saturated carbocycles. The van der Waals surface area contributed by atoms with Gasteiger partial charge in [0.1, 0.15) is 5.58 Å². The van der Waals surface area contributed by atoms with Gasteiger partial charge in [-0.3, -0.25) is 9.69 Å². The lowest BCUT2D eigenvalue weighted by Crippen LogP contribution is -2.36. The molecule has 2 heterocycles. The van der Waals surface area contributed by atoms with Crippen molar-refractivity contribution in [2.75, 3.05) is 4.90 Å². The van der Waals surface area contributed by atoms with E-state index in [1.165, 1.54) is 0 Å². The molecule has 0 N–H and O–H groups in total. The standard InChI is InChI=1S/C24H17NO3/c26-21-15-19(16-9-3-1-4-10-16)22-23(25(21)17-11-5-2-6-12-17)18-13-7-8-14-20(18)28-24(22)27/h1-14,19H,15H2. The number of carbonyl (C=O) groups is 1. The maximum Gasteiger partial charge on any atom is 0.342 e. The van der Waals surface area contributed by atoms with E-state index < -0.39 is 5.63 Å². The summed E-state index contributed by atoms with van der Waals surface area (Å²) in [6.07, 6.45) is 0.217. The van der Waals surface area contributed by atoms with Gasteiger partial charge >= 0.3 is 5.63 Å². The molecular formula is C24H17NO3. The minimum absolute atomic E-state index is 0.0386. The fourth-order valence-corrected chi connectivity index (χ4v) is 4.01. The summed E-state index contributed by atoms with van der Waals surface area (Å²) in [6, 6.07) is 26.5. The number of nitrogens with zero attached hydrogens (tertiary/aromatic N) is 1. The second kappa shape index (κ2) is 6.50. The Morgan fingerprint density at radius 3 is 2.18 bits per heavy atom. The zero-order chi connectivity index (χ0) is 19.1. The summed E-state index contributed by atoms with van der Waals surface area (Å²) in [4.78, 5) is 28.0. The van der Waals surface area contributed by atoms with Crippen molar-refractivity contribution in [2.45, 2.75) is 12.3 Å². The Kier molecular flexibility index (Phi) is 3.83. The highest BCUT2D eigenvalue weighted by Crippen LogP contribution is 2.44. The highest BCUT2D eigenvalue weighted by molar-refractivity contribution is 6.10. The predicted octanol–water partition coefficient (Wildman–Crippen LogP) is 4.99. The summed E-state index contributed by atoms with van der Waals surface area (Å²) >= 11 is 0. The van der Waals surface area contributed by atoms with E-state index in [1.54, 1.807) is 11.0 Å². The van der Waals surface area contributed by atoms with Gasteiger partial charge in [0.05, 0.1) is 11.3 Å². The first-order chi connectivity index (χ1) is 13.7. The molecule has 4 nitrogen and oxygen atoms in total. The number of fused-ring (bicyclic) bond motifs is 3. The maximum absolute atomic E-state index is 13.3. The van der Waals surface area contributed by atoms with Gasteiger partial charge in [0.15, 0.2) is 0 Å². The Hall–Kier alpha value is -3.66. The van der Waals surface area contributed by atoms with Crippen molar-refractivity contribution >= 4 is 28.3 Å². The Balaban J connectivity index is 1.86. The molecule has 0 aliphatic carbocycles. The van der Waals surface area contributed by atoms with Crippen LogP contribution in [0.15, 0.2) is 94.1 Å². The summed E-state index contributed by atoms with van der Waals surface area (Å²) in [6.45, 7) is 0. The number of carbonyl (C=O) groups excluding carboxylic acids is 1. The molecule has 1 atom stereocenters. The Morgan fingerprint density at radius 1 is 0.786 bits per heavy atom. The molecule has 5 rings (SSSR count). The topological polar surface area (TPSA) is 50.5 Å². The minimum atomic E-state index is -0.393. The van der Waals surface area contributed by atoms with Gasteiger partial charge in [-0.1, -0.05) is 60.7 Å². The number of para-hydroxylation sites is 2. The van der Waals surface area contributed by atoms with Crippen LogP contribution in [0, 0.1) is 0 Å². The van der Waals surface area contributed by atoms with Crippen LogP contribution in [0.1, 0.15) is 23.5 Å². The van der Waals surface area contributed by atoms with Crippen molar-refractivity contribution in [3.05, 3.63) is 106 Å². The average molecular weight is 367 g/mol. The molecule has 4 heteroatoms. The minimum Gasteiger partial charge on any atom is -0.422 e. The lowest BCUT2D eigenvalue weighted by molar-refractivity contribution is -0.118. The molecule has 0 radical (unpaired) electrons. The van der Waals surface area contributed by atoms with E-state index in [2.05, 4.69) is 0 Å². The molecule has 3 aromatic carbocycles. The Morgan fingerprint density at radius 2 is 1.43 bits per heavy atom. The van der Waals surface area contributed by atoms with Crippen LogP contribution in [-0.4, -0.2) is 5.91 Å². The number of amides is 1. The largest absolute Gasteiger partial charge is 0.422 e. The van der Waals surface area contributed by atoms with Gasteiger partial charge in [-0.25, -0.2) is 4.79 Å². The number of hydrogen-bond acceptors (Lipinski definition) is 3. The van der Waals surface area contributed by atoms with E-state index >= 15 is 0 Å². The number of rotatable bonds is 2. The first-order valence-corrected chi connectivity index (χ1v) is 9.23. The third kappa shape index (κ3) is 2.54. The normalized spacial score (nSPS) is 16.2. The van der Waals surface area contributed by atoms with Crippen molar-refractivity contribution in [2.24, 2.45) is 0 Å². The molecular weight excluding hydrogens is 350 g/mol. The molecule has 0 fully saturated rings. The van der Waals surface area contributed by atoms with E-state index in [0.29, 0.717) is 16.8 Å². The summed E-state index contributed by atoms with van der Waals surface area (Å²) < 4.78 is 5.64. The van der Waals surface area contributed by atoms with Crippen molar-refractivity contribution < 1.29 is 9.21 Å². The lowest BCUT2D eigenvalue weighted by atomic mass is 9.84. The highest BCUT2D eigenvalue weighted by Gasteiger charge is 2.37. The molecule has 28 heavy (non-hydrogen) atoms. The van der Waals surface area contributed by atoms with E-state index in [-0.39, 0.29) is 18.2 Å². The molecule has 136 valence electrons. The number of benzene rings is 3. The van der Waals surface area contributed by atoms with Crippen LogP contribution in [0.4, 0.5) is 11.4 Å².